The molecule has 0 radical (unpaired) electrons. The number of rotatable bonds is 7. The summed E-state index contributed by atoms with van der Waals surface area (Å²) >= 11 is 0. The molecule has 0 saturated heterocycles. The molecular weight excluding hydrogens is 488 g/mol. The van der Waals surface area contributed by atoms with Crippen LogP contribution in [0.4, 0.5) is 19.4 Å². The number of urea groups is 1. The third-order valence-corrected chi connectivity index (χ3v) is 10.7. The van der Waals surface area contributed by atoms with Crippen molar-refractivity contribution in [3.8, 4) is 0 Å². The summed E-state index contributed by atoms with van der Waals surface area (Å²) in [6.07, 6.45) is 9.11. The Morgan fingerprint density at radius 3 is 2.39 bits per heavy atom. The normalized spacial score (nSPS) is 19.7. The number of aliphatic hydroxyl groups excluding tert-OH is 1. The van der Waals surface area contributed by atoms with Gasteiger partial charge in [0, 0.05) is 5.56 Å². The van der Waals surface area contributed by atoms with Gasteiger partial charge in [0.1, 0.15) is 12.6 Å². The van der Waals surface area contributed by atoms with E-state index in [1.54, 1.807) is 32.0 Å². The zero-order chi connectivity index (χ0) is 26.5. The number of amides is 3. The second kappa shape index (κ2) is 9.02. The summed E-state index contributed by atoms with van der Waals surface area (Å²) in [5.74, 6) is -3.26. The van der Waals surface area contributed by atoms with Crippen LogP contribution in [0.1, 0.15) is 56.0 Å². The predicted molar refractivity (Wildman–Crippen MR) is 137 cm³/mol. The zero-order valence-corrected chi connectivity index (χ0v) is 22.1. The van der Waals surface area contributed by atoms with E-state index in [1.807, 2.05) is 0 Å². The lowest BCUT2D eigenvalue weighted by atomic mass is 9.83. The highest BCUT2D eigenvalue weighted by Crippen LogP contribution is 2.60. The number of halogens is 2. The van der Waals surface area contributed by atoms with Crippen molar-refractivity contribution in [2.45, 2.75) is 61.9 Å². The van der Waals surface area contributed by atoms with E-state index in [0.29, 0.717) is 17.1 Å². The van der Waals surface area contributed by atoms with Crippen LogP contribution >= 0.6 is 10.0 Å². The SMILES string of the molecule is CC1(C)c2[nH]nc(NC(=O)C3(S(C)(C)C)CCC3)c2CN1C(=O)NC(c1ccccc1)C(F)(F)CO. The van der Waals surface area contributed by atoms with E-state index in [4.69, 9.17) is 0 Å². The molecule has 2 heterocycles. The van der Waals surface area contributed by atoms with Gasteiger partial charge >= 0.3 is 6.03 Å². The van der Waals surface area contributed by atoms with Crippen LogP contribution in [0.2, 0.25) is 0 Å². The fraction of sp³-hybridized carbons (Fsp3) is 0.560. The van der Waals surface area contributed by atoms with Gasteiger partial charge in [0.25, 0.3) is 5.92 Å². The molecule has 4 rings (SSSR count). The minimum Gasteiger partial charge on any atom is -0.390 e. The Kier molecular flexibility index (Phi) is 6.62. The first-order valence-corrected chi connectivity index (χ1v) is 14.8. The van der Waals surface area contributed by atoms with E-state index >= 15 is 0 Å². The fourth-order valence-electron chi connectivity index (χ4n) is 5.15. The number of aromatic amines is 1. The summed E-state index contributed by atoms with van der Waals surface area (Å²) in [5.41, 5.74) is 0.593. The predicted octanol–water partition coefficient (Wildman–Crippen LogP) is 4.09. The summed E-state index contributed by atoms with van der Waals surface area (Å²) in [6, 6.07) is 5.43. The van der Waals surface area contributed by atoms with Gasteiger partial charge in [0.2, 0.25) is 5.91 Å². The zero-order valence-electron chi connectivity index (χ0n) is 21.3. The van der Waals surface area contributed by atoms with Crippen LogP contribution in [-0.2, 0) is 16.9 Å². The van der Waals surface area contributed by atoms with Gasteiger partial charge < -0.3 is 20.6 Å². The highest BCUT2D eigenvalue weighted by Gasteiger charge is 2.52. The minimum atomic E-state index is -3.57. The number of aromatic nitrogens is 2. The van der Waals surface area contributed by atoms with Gasteiger partial charge in [0.05, 0.1) is 22.5 Å². The number of hydrogen-bond acceptors (Lipinski definition) is 4. The molecule has 8 nitrogen and oxygen atoms in total. The van der Waals surface area contributed by atoms with Crippen LogP contribution in [0.5, 0.6) is 0 Å². The standard InChI is InChI=1S/C25H35F2N5O3S/c1-23(2)19-17(20(31-30-19)29-21(34)24(12-9-13-24)36(3,4)5)14-32(23)22(35)28-18(25(26,27)15-33)16-10-7-6-8-11-16/h6-8,10-11,18,33H,9,12-15H2,1-5H3,(H,28,35)(H2,29,30,31,34). The average Bonchev–Trinajstić information content (AvgIpc) is 3.28. The molecule has 2 aromatic rings. The number of benzene rings is 1. The van der Waals surface area contributed by atoms with Crippen LogP contribution in [0.15, 0.2) is 30.3 Å². The molecule has 0 spiro atoms. The van der Waals surface area contributed by atoms with Crippen LogP contribution in [0.3, 0.4) is 0 Å². The summed E-state index contributed by atoms with van der Waals surface area (Å²) in [7, 11) is -1.16. The monoisotopic (exact) mass is 523 g/mol. The summed E-state index contributed by atoms with van der Waals surface area (Å²) in [5, 5.41) is 22.0. The van der Waals surface area contributed by atoms with E-state index in [9.17, 15) is 23.5 Å². The van der Waals surface area contributed by atoms with E-state index in [2.05, 4.69) is 39.6 Å². The topological polar surface area (TPSA) is 110 Å². The molecule has 1 aromatic carbocycles. The van der Waals surface area contributed by atoms with E-state index in [-0.39, 0.29) is 18.0 Å². The lowest BCUT2D eigenvalue weighted by Gasteiger charge is -2.53. The molecule has 4 N–H and O–H groups in total. The fourth-order valence-corrected chi connectivity index (χ4v) is 7.27. The Morgan fingerprint density at radius 2 is 1.86 bits per heavy atom. The van der Waals surface area contributed by atoms with E-state index < -0.39 is 44.9 Å². The Labute approximate surface area is 211 Å². The first-order chi connectivity index (χ1) is 16.7. The number of fused-ring (bicyclic) bond motifs is 1. The molecule has 1 atom stereocenters. The molecule has 1 aliphatic heterocycles. The molecule has 1 aromatic heterocycles. The van der Waals surface area contributed by atoms with Gasteiger partial charge in [-0.15, -0.1) is 0 Å². The lowest BCUT2D eigenvalue weighted by molar-refractivity contribution is -0.120. The van der Waals surface area contributed by atoms with Gasteiger partial charge in [-0.1, -0.05) is 30.3 Å². The first kappa shape index (κ1) is 26.4. The smallest absolute Gasteiger partial charge is 0.319 e. The molecule has 3 amide bonds. The van der Waals surface area contributed by atoms with Crippen molar-refractivity contribution in [1.29, 1.82) is 0 Å². The number of nitrogens with zero attached hydrogens (tertiary/aromatic N) is 2. The van der Waals surface area contributed by atoms with Gasteiger partial charge in [-0.3, -0.25) is 9.89 Å². The summed E-state index contributed by atoms with van der Waals surface area (Å²) in [4.78, 5) is 28.1. The van der Waals surface area contributed by atoms with Gasteiger partial charge in [0.15, 0.2) is 5.82 Å². The molecule has 2 aliphatic rings. The number of H-pyrrole nitrogens is 1. The van der Waals surface area contributed by atoms with Crippen molar-refractivity contribution in [2.24, 2.45) is 0 Å². The van der Waals surface area contributed by atoms with Crippen molar-refractivity contribution < 1.29 is 23.5 Å². The third-order valence-electron chi connectivity index (χ3n) is 7.73. The van der Waals surface area contributed by atoms with Crippen molar-refractivity contribution in [1.82, 2.24) is 20.4 Å². The molecule has 11 heteroatoms. The second-order valence-corrected chi connectivity index (χ2v) is 15.4. The Balaban J connectivity index is 1.56. The number of carbonyl (C=O) groups is 2. The van der Waals surface area contributed by atoms with Crippen molar-refractivity contribution >= 4 is 27.8 Å². The summed E-state index contributed by atoms with van der Waals surface area (Å²) in [6.45, 7) is 2.25. The van der Waals surface area contributed by atoms with Crippen LogP contribution in [0.25, 0.3) is 0 Å². The molecule has 1 fully saturated rings. The second-order valence-electron chi connectivity index (χ2n) is 10.9. The maximum atomic E-state index is 14.7. The van der Waals surface area contributed by atoms with Crippen LogP contribution in [-0.4, -0.2) is 68.2 Å². The third kappa shape index (κ3) is 4.26. The largest absolute Gasteiger partial charge is 0.390 e. The van der Waals surface area contributed by atoms with E-state index in [0.717, 1.165) is 19.3 Å². The van der Waals surface area contributed by atoms with Gasteiger partial charge in [-0.25, -0.2) is 23.6 Å². The van der Waals surface area contributed by atoms with E-state index in [1.165, 1.54) is 17.0 Å². The average molecular weight is 524 g/mol. The molecule has 0 bridgehead atoms. The number of nitrogens with one attached hydrogen (secondary N) is 3. The number of carbonyl (C=O) groups excluding carboxylic acids is 2. The lowest BCUT2D eigenvalue weighted by Crippen LogP contribution is -2.52. The van der Waals surface area contributed by atoms with Crippen molar-refractivity contribution in [2.75, 3.05) is 30.7 Å². The molecule has 198 valence electrons. The molecule has 1 unspecified atom stereocenters. The van der Waals surface area contributed by atoms with Crippen molar-refractivity contribution in [3.63, 3.8) is 0 Å². The molecular formula is C25H35F2N5O3S. The maximum absolute atomic E-state index is 14.7. The highest BCUT2D eigenvalue weighted by molar-refractivity contribution is 8.33. The van der Waals surface area contributed by atoms with Crippen LogP contribution in [0, 0.1) is 0 Å². The Bertz CT molecular complexity index is 1140. The molecule has 36 heavy (non-hydrogen) atoms. The molecule has 1 saturated carbocycles. The van der Waals surface area contributed by atoms with Gasteiger partial charge in [-0.05, 0) is 57.4 Å². The quantitative estimate of drug-likeness (QED) is 0.438. The highest BCUT2D eigenvalue weighted by atomic mass is 32.3. The van der Waals surface area contributed by atoms with Crippen molar-refractivity contribution in [3.05, 3.63) is 47.2 Å². The number of alkyl halides is 2. The Hall–Kier alpha value is -2.66. The maximum Gasteiger partial charge on any atom is 0.319 e. The molecule has 1 aliphatic carbocycles. The number of anilines is 1. The minimum absolute atomic E-state index is 0.0574. The van der Waals surface area contributed by atoms with Crippen LogP contribution < -0.4 is 10.6 Å². The Morgan fingerprint density at radius 1 is 1.22 bits per heavy atom. The number of hydrogen-bond donors (Lipinski definition) is 4. The first-order valence-electron chi connectivity index (χ1n) is 11.9. The number of aliphatic hydroxyl groups is 1. The summed E-state index contributed by atoms with van der Waals surface area (Å²) < 4.78 is 28.9. The van der Waals surface area contributed by atoms with Gasteiger partial charge in [-0.2, -0.15) is 5.10 Å².